The van der Waals surface area contributed by atoms with E-state index in [0.717, 1.165) is 11.1 Å². The molecule has 0 atom stereocenters. The van der Waals surface area contributed by atoms with Crippen LogP contribution in [0, 0.1) is 6.92 Å². The summed E-state index contributed by atoms with van der Waals surface area (Å²) in [5.41, 5.74) is 1.66. The van der Waals surface area contributed by atoms with E-state index in [2.05, 4.69) is 10.1 Å². The van der Waals surface area contributed by atoms with Gasteiger partial charge >= 0.3 is 0 Å². The van der Waals surface area contributed by atoms with Crippen LogP contribution < -0.4 is 4.74 Å². The summed E-state index contributed by atoms with van der Waals surface area (Å²) >= 11 is 0. The van der Waals surface area contributed by atoms with E-state index < -0.39 is 0 Å². The third kappa shape index (κ3) is 1.72. The molecule has 0 spiro atoms. The van der Waals surface area contributed by atoms with E-state index in [1.54, 1.807) is 13.3 Å². The molecule has 64 valence electrons. The van der Waals surface area contributed by atoms with E-state index in [-0.39, 0.29) is 0 Å². The van der Waals surface area contributed by atoms with Crippen LogP contribution in [-0.4, -0.2) is 23.5 Å². The molecule has 1 heterocycles. The number of pyridine rings is 1. The number of rotatable bonds is 2. The van der Waals surface area contributed by atoms with Gasteiger partial charge in [0.25, 0.3) is 0 Å². The molecule has 0 fully saturated rings. The Morgan fingerprint density at radius 3 is 2.92 bits per heavy atom. The van der Waals surface area contributed by atoms with Gasteiger partial charge in [0, 0.05) is 17.3 Å². The quantitative estimate of drug-likeness (QED) is 0.408. The fourth-order valence-corrected chi connectivity index (χ4v) is 0.935. The molecule has 0 bridgehead atoms. The SMILES string of the molecule is COc1ncc(C=NO)cc1C. The Balaban J connectivity index is 3.01. The third-order valence-electron chi connectivity index (χ3n) is 1.45. The Labute approximate surface area is 70.5 Å². The summed E-state index contributed by atoms with van der Waals surface area (Å²) in [7, 11) is 1.56. The van der Waals surface area contributed by atoms with Gasteiger partial charge in [-0.1, -0.05) is 5.16 Å². The first-order valence-electron chi connectivity index (χ1n) is 3.46. The Kier molecular flexibility index (Phi) is 2.63. The zero-order valence-corrected chi connectivity index (χ0v) is 6.98. The van der Waals surface area contributed by atoms with Crippen LogP contribution in [0.2, 0.25) is 0 Å². The van der Waals surface area contributed by atoms with Gasteiger partial charge in [-0.15, -0.1) is 0 Å². The molecule has 0 aliphatic carbocycles. The molecule has 1 aromatic heterocycles. The van der Waals surface area contributed by atoms with Crippen molar-refractivity contribution < 1.29 is 9.94 Å². The Morgan fingerprint density at radius 2 is 2.42 bits per heavy atom. The summed E-state index contributed by atoms with van der Waals surface area (Å²) < 4.78 is 4.96. The topological polar surface area (TPSA) is 54.7 Å². The Morgan fingerprint density at radius 1 is 1.67 bits per heavy atom. The maximum atomic E-state index is 8.25. The summed E-state index contributed by atoms with van der Waals surface area (Å²) in [6, 6.07) is 1.82. The minimum atomic E-state index is 0.588. The third-order valence-corrected chi connectivity index (χ3v) is 1.45. The number of aryl methyl sites for hydroxylation is 1. The lowest BCUT2D eigenvalue weighted by atomic mass is 10.2. The average Bonchev–Trinajstić information content (AvgIpc) is 2.05. The van der Waals surface area contributed by atoms with Gasteiger partial charge in [-0.3, -0.25) is 0 Å². The number of hydrogen-bond acceptors (Lipinski definition) is 4. The molecule has 0 aliphatic rings. The first kappa shape index (κ1) is 8.52. The summed E-state index contributed by atoms with van der Waals surface area (Å²) in [4.78, 5) is 3.99. The molecule has 0 aromatic carbocycles. The van der Waals surface area contributed by atoms with Crippen LogP contribution >= 0.6 is 0 Å². The van der Waals surface area contributed by atoms with Crippen molar-refractivity contribution in [1.29, 1.82) is 0 Å². The van der Waals surface area contributed by atoms with Crippen LogP contribution in [0.1, 0.15) is 11.1 Å². The summed E-state index contributed by atoms with van der Waals surface area (Å²) in [6.45, 7) is 1.88. The number of hydrogen-bond donors (Lipinski definition) is 1. The minimum absolute atomic E-state index is 0.588. The highest BCUT2D eigenvalue weighted by Crippen LogP contribution is 2.13. The number of ether oxygens (including phenoxy) is 1. The predicted molar refractivity (Wildman–Crippen MR) is 44.9 cm³/mol. The van der Waals surface area contributed by atoms with Crippen molar-refractivity contribution in [2.75, 3.05) is 7.11 Å². The fourth-order valence-electron chi connectivity index (χ4n) is 0.935. The summed E-state index contributed by atoms with van der Waals surface area (Å²) in [5.74, 6) is 0.588. The predicted octanol–water partition coefficient (Wildman–Crippen LogP) is 1.21. The van der Waals surface area contributed by atoms with Crippen LogP contribution in [0.15, 0.2) is 17.4 Å². The number of aromatic nitrogens is 1. The molecule has 4 nitrogen and oxygen atoms in total. The second-order valence-corrected chi connectivity index (χ2v) is 2.34. The van der Waals surface area contributed by atoms with Crippen molar-refractivity contribution in [3.8, 4) is 5.88 Å². The molecular weight excluding hydrogens is 156 g/mol. The van der Waals surface area contributed by atoms with Gasteiger partial charge in [0.15, 0.2) is 0 Å². The molecule has 0 radical (unpaired) electrons. The second-order valence-electron chi connectivity index (χ2n) is 2.34. The molecule has 1 N–H and O–H groups in total. The minimum Gasteiger partial charge on any atom is -0.481 e. The molecular formula is C8H10N2O2. The summed E-state index contributed by atoms with van der Waals surface area (Å²) in [6.07, 6.45) is 2.89. The van der Waals surface area contributed by atoms with E-state index in [4.69, 9.17) is 9.94 Å². The van der Waals surface area contributed by atoms with Gasteiger partial charge in [-0.25, -0.2) is 4.98 Å². The monoisotopic (exact) mass is 166 g/mol. The van der Waals surface area contributed by atoms with Crippen LogP contribution in [0.25, 0.3) is 0 Å². The number of oxime groups is 1. The average molecular weight is 166 g/mol. The first-order valence-corrected chi connectivity index (χ1v) is 3.46. The van der Waals surface area contributed by atoms with Gasteiger partial charge in [0.1, 0.15) is 0 Å². The highest BCUT2D eigenvalue weighted by Gasteiger charge is 1.98. The van der Waals surface area contributed by atoms with Gasteiger partial charge in [0.2, 0.25) is 5.88 Å². The molecule has 1 rings (SSSR count). The van der Waals surface area contributed by atoms with Crippen molar-refractivity contribution in [3.05, 3.63) is 23.4 Å². The molecule has 0 aliphatic heterocycles. The van der Waals surface area contributed by atoms with Crippen LogP contribution in [0.4, 0.5) is 0 Å². The highest BCUT2D eigenvalue weighted by molar-refractivity contribution is 5.78. The van der Waals surface area contributed by atoms with Gasteiger partial charge in [0.05, 0.1) is 13.3 Å². The normalized spacial score (nSPS) is 10.5. The maximum Gasteiger partial charge on any atom is 0.215 e. The maximum absolute atomic E-state index is 8.25. The van der Waals surface area contributed by atoms with Crippen molar-refractivity contribution in [3.63, 3.8) is 0 Å². The van der Waals surface area contributed by atoms with E-state index in [1.807, 2.05) is 13.0 Å². The lowest BCUT2D eigenvalue weighted by Crippen LogP contribution is -1.93. The zero-order valence-electron chi connectivity index (χ0n) is 6.98. The number of nitrogens with zero attached hydrogens (tertiary/aromatic N) is 2. The molecule has 4 heteroatoms. The largest absolute Gasteiger partial charge is 0.481 e. The van der Waals surface area contributed by atoms with Gasteiger partial charge < -0.3 is 9.94 Å². The highest BCUT2D eigenvalue weighted by atomic mass is 16.5. The molecule has 0 saturated heterocycles. The van der Waals surface area contributed by atoms with Crippen LogP contribution in [-0.2, 0) is 0 Å². The van der Waals surface area contributed by atoms with Crippen molar-refractivity contribution in [1.82, 2.24) is 4.98 Å². The fraction of sp³-hybridized carbons (Fsp3) is 0.250. The molecule has 0 saturated carbocycles. The van der Waals surface area contributed by atoms with E-state index >= 15 is 0 Å². The van der Waals surface area contributed by atoms with Gasteiger partial charge in [-0.05, 0) is 13.0 Å². The van der Waals surface area contributed by atoms with E-state index in [1.165, 1.54) is 6.21 Å². The van der Waals surface area contributed by atoms with E-state index in [0.29, 0.717) is 5.88 Å². The summed E-state index contributed by atoms with van der Waals surface area (Å²) in [5, 5.41) is 11.1. The Bertz CT molecular complexity index is 297. The van der Waals surface area contributed by atoms with Crippen LogP contribution in [0.5, 0.6) is 5.88 Å². The van der Waals surface area contributed by atoms with Gasteiger partial charge in [-0.2, -0.15) is 0 Å². The zero-order chi connectivity index (χ0) is 8.97. The number of methoxy groups -OCH3 is 1. The molecule has 0 amide bonds. The lowest BCUT2D eigenvalue weighted by Gasteiger charge is -2.02. The molecule has 1 aromatic rings. The molecule has 0 unspecified atom stereocenters. The van der Waals surface area contributed by atoms with Crippen LogP contribution in [0.3, 0.4) is 0 Å². The molecule has 12 heavy (non-hydrogen) atoms. The van der Waals surface area contributed by atoms with E-state index in [9.17, 15) is 0 Å². The van der Waals surface area contributed by atoms with Crippen molar-refractivity contribution in [2.24, 2.45) is 5.16 Å². The van der Waals surface area contributed by atoms with Crippen molar-refractivity contribution in [2.45, 2.75) is 6.92 Å². The first-order chi connectivity index (χ1) is 5.77. The lowest BCUT2D eigenvalue weighted by molar-refractivity contribution is 0.322. The Hall–Kier alpha value is -1.58. The second kappa shape index (κ2) is 3.71. The standard InChI is InChI=1S/C8H10N2O2/c1-6-3-7(5-10-11)4-9-8(6)12-2/h3-5,11H,1-2H3. The van der Waals surface area contributed by atoms with Crippen molar-refractivity contribution >= 4 is 6.21 Å². The smallest absolute Gasteiger partial charge is 0.215 e.